The number of halogens is 1. The van der Waals surface area contributed by atoms with Gasteiger partial charge in [-0.3, -0.25) is 4.79 Å². The van der Waals surface area contributed by atoms with E-state index in [2.05, 4.69) is 6.07 Å². The molecule has 0 spiro atoms. The third-order valence-corrected chi connectivity index (χ3v) is 5.79. The highest BCUT2D eigenvalue weighted by Gasteiger charge is 2.25. The predicted octanol–water partition coefficient (Wildman–Crippen LogP) is 4.93. The number of likely N-dealkylation sites (tertiary alicyclic amines) is 1. The number of carbonyl (C=O) groups excluding carboxylic acids is 1. The van der Waals surface area contributed by atoms with Crippen LogP contribution in [0.25, 0.3) is 16.9 Å². The van der Waals surface area contributed by atoms with Gasteiger partial charge in [-0.25, -0.2) is 4.68 Å². The van der Waals surface area contributed by atoms with Gasteiger partial charge >= 0.3 is 0 Å². The molecule has 1 aliphatic heterocycles. The average Bonchev–Trinajstić information content (AvgIpc) is 3.19. The van der Waals surface area contributed by atoms with Gasteiger partial charge in [-0.05, 0) is 43.2 Å². The lowest BCUT2D eigenvalue weighted by Crippen LogP contribution is -2.36. The molecule has 0 bridgehead atoms. The van der Waals surface area contributed by atoms with Crippen molar-refractivity contribution < 1.29 is 9.53 Å². The minimum absolute atomic E-state index is 0.143. The Hall–Kier alpha value is -2.79. The first-order valence-corrected chi connectivity index (χ1v) is 10.2. The Morgan fingerprint density at radius 2 is 1.79 bits per heavy atom. The average molecular weight is 410 g/mol. The number of para-hydroxylation sites is 2. The molecule has 0 radical (unpaired) electrons. The summed E-state index contributed by atoms with van der Waals surface area (Å²) in [7, 11) is 1.67. The molecule has 150 valence electrons. The van der Waals surface area contributed by atoms with E-state index in [9.17, 15) is 4.79 Å². The van der Waals surface area contributed by atoms with E-state index >= 15 is 0 Å². The highest BCUT2D eigenvalue weighted by atomic mass is 35.5. The molecule has 5 nitrogen and oxygen atoms in total. The monoisotopic (exact) mass is 409 g/mol. The Balaban J connectivity index is 1.75. The molecular weight excluding hydrogens is 386 g/mol. The maximum absolute atomic E-state index is 11.6. The molecule has 4 rings (SSSR count). The van der Waals surface area contributed by atoms with Crippen LogP contribution >= 0.6 is 11.6 Å². The molecule has 0 saturated carbocycles. The summed E-state index contributed by atoms with van der Waals surface area (Å²) >= 11 is 6.10. The van der Waals surface area contributed by atoms with Gasteiger partial charge in [0.25, 0.3) is 0 Å². The summed E-state index contributed by atoms with van der Waals surface area (Å²) in [4.78, 5) is 13.6. The highest BCUT2D eigenvalue weighted by Crippen LogP contribution is 2.34. The quantitative estimate of drug-likeness (QED) is 0.614. The van der Waals surface area contributed by atoms with Crippen molar-refractivity contribution in [2.45, 2.75) is 25.7 Å². The zero-order valence-corrected chi connectivity index (χ0v) is 17.4. The third kappa shape index (κ3) is 4.01. The first kappa shape index (κ1) is 19.5. The van der Waals surface area contributed by atoms with E-state index in [0.717, 1.165) is 54.3 Å². The minimum Gasteiger partial charge on any atom is -0.494 e. The number of amides is 1. The Labute approximate surface area is 175 Å². The van der Waals surface area contributed by atoms with Crippen LogP contribution in [0, 0.1) is 0 Å². The first-order valence-electron chi connectivity index (χ1n) is 9.81. The van der Waals surface area contributed by atoms with Gasteiger partial charge in [-0.1, -0.05) is 35.9 Å². The van der Waals surface area contributed by atoms with Crippen molar-refractivity contribution in [2.75, 3.05) is 20.2 Å². The molecule has 2 heterocycles. The molecule has 3 aromatic rings. The maximum atomic E-state index is 11.6. The Bertz CT molecular complexity index is 1010. The molecule has 2 aromatic carbocycles. The van der Waals surface area contributed by atoms with Gasteiger partial charge in [0.1, 0.15) is 11.4 Å². The second kappa shape index (κ2) is 8.29. The second-order valence-electron chi connectivity index (χ2n) is 7.33. The number of hydrogen-bond donors (Lipinski definition) is 0. The number of carbonyl (C=O) groups is 1. The van der Waals surface area contributed by atoms with Crippen molar-refractivity contribution in [1.82, 2.24) is 14.7 Å². The summed E-state index contributed by atoms with van der Waals surface area (Å²) < 4.78 is 7.53. The minimum atomic E-state index is 0.143. The van der Waals surface area contributed by atoms with E-state index in [1.165, 1.54) is 0 Å². The van der Waals surface area contributed by atoms with Crippen LogP contribution in [-0.2, 0) is 4.79 Å². The van der Waals surface area contributed by atoms with E-state index in [1.54, 1.807) is 14.0 Å². The largest absolute Gasteiger partial charge is 0.494 e. The van der Waals surface area contributed by atoms with Gasteiger partial charge in [-0.15, -0.1) is 0 Å². The summed E-state index contributed by atoms with van der Waals surface area (Å²) in [6.45, 7) is 3.19. The van der Waals surface area contributed by atoms with E-state index in [-0.39, 0.29) is 5.91 Å². The third-order valence-electron chi connectivity index (χ3n) is 5.54. The molecule has 0 aliphatic carbocycles. The van der Waals surface area contributed by atoms with Crippen LogP contribution in [0.1, 0.15) is 31.4 Å². The van der Waals surface area contributed by atoms with E-state index < -0.39 is 0 Å². The summed E-state index contributed by atoms with van der Waals surface area (Å²) in [5, 5.41) is 5.68. The fraction of sp³-hybridized carbons (Fsp3) is 0.304. The SMILES string of the molecule is COc1ccccc1-n1nc(C2CCN(C(C)=O)CC2)cc1-c1ccc(Cl)cc1. The number of ether oxygens (including phenoxy) is 1. The smallest absolute Gasteiger partial charge is 0.219 e. The molecule has 1 fully saturated rings. The Kier molecular flexibility index (Phi) is 5.58. The zero-order chi connectivity index (χ0) is 20.4. The standard InChI is InChI=1S/C23H24ClN3O2/c1-16(28)26-13-11-17(12-14-26)20-15-22(18-7-9-19(24)10-8-18)27(25-20)21-5-3-4-6-23(21)29-2/h3-10,15,17H,11-14H2,1-2H3. The lowest BCUT2D eigenvalue weighted by atomic mass is 9.93. The molecule has 6 heteroatoms. The van der Waals surface area contributed by atoms with Crippen LogP contribution in [0.2, 0.25) is 5.02 Å². The number of rotatable bonds is 4. The molecule has 0 unspecified atom stereocenters. The maximum Gasteiger partial charge on any atom is 0.219 e. The van der Waals surface area contributed by atoms with Crippen molar-refractivity contribution in [3.8, 4) is 22.7 Å². The molecule has 1 aromatic heterocycles. The van der Waals surface area contributed by atoms with Gasteiger partial charge in [-0.2, -0.15) is 5.10 Å². The zero-order valence-electron chi connectivity index (χ0n) is 16.6. The second-order valence-corrected chi connectivity index (χ2v) is 7.76. The van der Waals surface area contributed by atoms with Gasteiger partial charge < -0.3 is 9.64 Å². The molecule has 1 amide bonds. The van der Waals surface area contributed by atoms with Crippen LogP contribution < -0.4 is 4.74 Å². The normalized spacial score (nSPS) is 14.8. The molecule has 1 aliphatic rings. The highest BCUT2D eigenvalue weighted by molar-refractivity contribution is 6.30. The van der Waals surface area contributed by atoms with Gasteiger partial charge in [0, 0.05) is 36.5 Å². The predicted molar refractivity (Wildman–Crippen MR) is 115 cm³/mol. The van der Waals surface area contributed by atoms with Crippen LogP contribution in [-0.4, -0.2) is 40.8 Å². The van der Waals surface area contributed by atoms with E-state index in [1.807, 2.05) is 58.1 Å². The van der Waals surface area contributed by atoms with Crippen LogP contribution in [0.15, 0.2) is 54.6 Å². The summed E-state index contributed by atoms with van der Waals surface area (Å²) in [5.74, 6) is 1.24. The molecule has 1 saturated heterocycles. The number of hydrogen-bond acceptors (Lipinski definition) is 3. The summed E-state index contributed by atoms with van der Waals surface area (Å²) in [6, 6.07) is 17.8. The van der Waals surface area contributed by atoms with Crippen molar-refractivity contribution >= 4 is 17.5 Å². The number of nitrogens with zero attached hydrogens (tertiary/aromatic N) is 3. The van der Waals surface area contributed by atoms with Gasteiger partial charge in [0.05, 0.1) is 18.5 Å². The van der Waals surface area contributed by atoms with Crippen LogP contribution in [0.5, 0.6) is 5.75 Å². The molecule has 0 atom stereocenters. The number of methoxy groups -OCH3 is 1. The van der Waals surface area contributed by atoms with Gasteiger partial charge in [0.2, 0.25) is 5.91 Å². The van der Waals surface area contributed by atoms with Gasteiger partial charge in [0.15, 0.2) is 0 Å². The van der Waals surface area contributed by atoms with Crippen LogP contribution in [0.4, 0.5) is 0 Å². The topological polar surface area (TPSA) is 47.4 Å². The lowest BCUT2D eigenvalue weighted by molar-refractivity contribution is -0.129. The summed E-state index contributed by atoms with van der Waals surface area (Å²) in [5.41, 5.74) is 3.98. The van der Waals surface area contributed by atoms with Crippen molar-refractivity contribution in [2.24, 2.45) is 0 Å². The fourth-order valence-electron chi connectivity index (χ4n) is 3.90. The fourth-order valence-corrected chi connectivity index (χ4v) is 4.03. The lowest BCUT2D eigenvalue weighted by Gasteiger charge is -2.30. The van der Waals surface area contributed by atoms with Crippen molar-refractivity contribution in [1.29, 1.82) is 0 Å². The van der Waals surface area contributed by atoms with E-state index in [4.69, 9.17) is 21.4 Å². The first-order chi connectivity index (χ1) is 14.1. The number of benzene rings is 2. The summed E-state index contributed by atoms with van der Waals surface area (Å²) in [6.07, 6.45) is 1.84. The van der Waals surface area contributed by atoms with E-state index in [0.29, 0.717) is 10.9 Å². The van der Waals surface area contributed by atoms with Crippen molar-refractivity contribution in [3.63, 3.8) is 0 Å². The van der Waals surface area contributed by atoms with Crippen molar-refractivity contribution in [3.05, 3.63) is 65.3 Å². The molecular formula is C23H24ClN3O2. The van der Waals surface area contributed by atoms with Crippen LogP contribution in [0.3, 0.4) is 0 Å². The molecule has 29 heavy (non-hydrogen) atoms. The Morgan fingerprint density at radius 3 is 2.45 bits per heavy atom. The number of aromatic nitrogens is 2. The Morgan fingerprint density at radius 1 is 1.10 bits per heavy atom. The molecule has 0 N–H and O–H groups in total. The number of piperidine rings is 1.